The second-order valence-corrected chi connectivity index (χ2v) is 8.06. The Morgan fingerprint density at radius 1 is 1.14 bits per heavy atom. The molecule has 0 bridgehead atoms. The van der Waals surface area contributed by atoms with Crippen molar-refractivity contribution in [3.8, 4) is 5.75 Å². The fourth-order valence-corrected chi connectivity index (χ4v) is 4.18. The first-order chi connectivity index (χ1) is 13.4. The topological polar surface area (TPSA) is 93.7 Å². The Hall–Kier alpha value is -2.13. The van der Waals surface area contributed by atoms with Gasteiger partial charge in [-0.3, -0.25) is 4.79 Å². The Morgan fingerprint density at radius 2 is 1.86 bits per heavy atom. The first kappa shape index (κ1) is 22.2. The molecule has 0 spiro atoms. The smallest absolute Gasteiger partial charge is 0.245 e. The number of rotatable bonds is 10. The lowest BCUT2D eigenvalue weighted by Crippen LogP contribution is -2.48. The molecule has 2 N–H and O–H groups in total. The first-order valence-corrected chi connectivity index (χ1v) is 10.4. The number of halogens is 1. The van der Waals surface area contributed by atoms with Crippen LogP contribution >= 0.6 is 11.6 Å². The van der Waals surface area contributed by atoms with Gasteiger partial charge in [-0.25, -0.2) is 8.42 Å². The van der Waals surface area contributed by atoms with Crippen molar-refractivity contribution in [2.75, 3.05) is 27.4 Å². The molecule has 0 aliphatic rings. The maximum absolute atomic E-state index is 12.9. The van der Waals surface area contributed by atoms with Gasteiger partial charge in [0.25, 0.3) is 0 Å². The highest BCUT2D eigenvalue weighted by Crippen LogP contribution is 2.27. The number of hydrogen-bond acceptors (Lipinski definition) is 5. The second-order valence-electron chi connectivity index (χ2n) is 5.94. The molecule has 0 saturated heterocycles. The average molecular weight is 427 g/mol. The van der Waals surface area contributed by atoms with Crippen LogP contribution in [0.2, 0.25) is 5.02 Å². The van der Waals surface area contributed by atoms with Crippen molar-refractivity contribution in [2.24, 2.45) is 0 Å². The summed E-state index contributed by atoms with van der Waals surface area (Å²) in [5, 5.41) is 2.91. The molecule has 7 nitrogen and oxygen atoms in total. The van der Waals surface area contributed by atoms with Crippen molar-refractivity contribution in [3.05, 3.63) is 59.1 Å². The standard InChI is InChI=1S/C19H23ClN2O5S/c1-26-11-10-21-19(23)16(12-14-6-4-3-5-7-14)22-28(24,25)18-13-15(20)8-9-17(18)27-2/h3-9,13,16,22H,10-12H2,1-2H3,(H,21,23)/t16-/m1/s1. The molecule has 0 fully saturated rings. The number of amides is 1. The van der Waals surface area contributed by atoms with E-state index in [-0.39, 0.29) is 28.6 Å². The summed E-state index contributed by atoms with van der Waals surface area (Å²) in [5.74, 6) is -0.319. The van der Waals surface area contributed by atoms with Crippen LogP contribution in [0.3, 0.4) is 0 Å². The van der Waals surface area contributed by atoms with E-state index in [1.54, 1.807) is 0 Å². The highest BCUT2D eigenvalue weighted by Gasteiger charge is 2.28. The van der Waals surface area contributed by atoms with Gasteiger partial charge in [-0.2, -0.15) is 4.72 Å². The predicted octanol–water partition coefficient (Wildman–Crippen LogP) is 2.00. The van der Waals surface area contributed by atoms with Crippen molar-refractivity contribution < 1.29 is 22.7 Å². The lowest BCUT2D eigenvalue weighted by molar-refractivity contribution is -0.122. The number of nitrogens with one attached hydrogen (secondary N) is 2. The fraction of sp³-hybridized carbons (Fsp3) is 0.316. The first-order valence-electron chi connectivity index (χ1n) is 8.54. The minimum absolute atomic E-state index is 0.134. The number of methoxy groups -OCH3 is 2. The lowest BCUT2D eigenvalue weighted by atomic mass is 10.1. The van der Waals surface area contributed by atoms with E-state index in [9.17, 15) is 13.2 Å². The molecule has 0 heterocycles. The summed E-state index contributed by atoms with van der Waals surface area (Å²) in [6, 6.07) is 12.4. The van der Waals surface area contributed by atoms with Crippen molar-refractivity contribution >= 4 is 27.5 Å². The number of sulfonamides is 1. The van der Waals surface area contributed by atoms with Gasteiger partial charge in [-0.05, 0) is 30.2 Å². The van der Waals surface area contributed by atoms with Gasteiger partial charge in [0, 0.05) is 18.7 Å². The number of carbonyl (C=O) groups is 1. The van der Waals surface area contributed by atoms with Crippen LogP contribution in [-0.4, -0.2) is 47.7 Å². The molecular formula is C19H23ClN2O5S. The summed E-state index contributed by atoms with van der Waals surface area (Å²) in [6.45, 7) is 0.585. The number of ether oxygens (including phenoxy) is 2. The van der Waals surface area contributed by atoms with Crippen LogP contribution < -0.4 is 14.8 Å². The molecule has 2 aromatic rings. The third kappa shape index (κ3) is 6.20. The molecule has 1 amide bonds. The summed E-state index contributed by atoms with van der Waals surface area (Å²) < 4.78 is 38.4. The number of carbonyl (C=O) groups excluding carboxylic acids is 1. The van der Waals surface area contributed by atoms with Gasteiger partial charge >= 0.3 is 0 Å². The van der Waals surface area contributed by atoms with Crippen LogP contribution in [0.15, 0.2) is 53.4 Å². The van der Waals surface area contributed by atoms with Crippen LogP contribution in [-0.2, 0) is 26.0 Å². The van der Waals surface area contributed by atoms with Gasteiger partial charge in [0.05, 0.1) is 13.7 Å². The van der Waals surface area contributed by atoms with Gasteiger partial charge < -0.3 is 14.8 Å². The van der Waals surface area contributed by atoms with Crippen molar-refractivity contribution in [1.29, 1.82) is 0 Å². The molecule has 0 aliphatic heterocycles. The van der Waals surface area contributed by atoms with Gasteiger partial charge in [-0.15, -0.1) is 0 Å². The fourth-order valence-electron chi connectivity index (χ4n) is 2.55. The van der Waals surface area contributed by atoms with Crippen LogP contribution in [0.1, 0.15) is 5.56 Å². The monoisotopic (exact) mass is 426 g/mol. The molecule has 152 valence electrons. The Bertz CT molecular complexity index is 890. The molecule has 9 heteroatoms. The minimum Gasteiger partial charge on any atom is -0.495 e. The Kier molecular flexibility index (Phi) is 8.25. The Balaban J connectivity index is 2.29. The molecule has 0 aromatic heterocycles. The number of hydrogen-bond donors (Lipinski definition) is 2. The molecule has 28 heavy (non-hydrogen) atoms. The average Bonchev–Trinajstić information content (AvgIpc) is 2.68. The van der Waals surface area contributed by atoms with Crippen LogP contribution in [0.25, 0.3) is 0 Å². The molecular weight excluding hydrogens is 404 g/mol. The van der Waals surface area contributed by atoms with Gasteiger partial charge in [-0.1, -0.05) is 41.9 Å². The van der Waals surface area contributed by atoms with Crippen LogP contribution in [0.5, 0.6) is 5.75 Å². The van der Waals surface area contributed by atoms with E-state index >= 15 is 0 Å². The molecule has 2 rings (SSSR count). The van der Waals surface area contributed by atoms with Gasteiger partial charge in [0.2, 0.25) is 15.9 Å². The van der Waals surface area contributed by atoms with Crippen molar-refractivity contribution in [2.45, 2.75) is 17.4 Å². The van der Waals surface area contributed by atoms with Crippen molar-refractivity contribution in [3.63, 3.8) is 0 Å². The summed E-state index contributed by atoms with van der Waals surface area (Å²) in [4.78, 5) is 12.5. The zero-order valence-corrected chi connectivity index (χ0v) is 17.2. The van der Waals surface area contributed by atoms with Gasteiger partial charge in [0.15, 0.2) is 0 Å². The largest absolute Gasteiger partial charge is 0.495 e. The molecule has 1 atom stereocenters. The van der Waals surface area contributed by atoms with E-state index in [4.69, 9.17) is 21.1 Å². The normalized spacial score (nSPS) is 12.4. The van der Waals surface area contributed by atoms with Crippen LogP contribution in [0, 0.1) is 0 Å². The van der Waals surface area contributed by atoms with E-state index in [1.165, 1.54) is 32.4 Å². The second kappa shape index (κ2) is 10.4. The molecule has 2 aromatic carbocycles. The molecule has 0 unspecified atom stereocenters. The van der Waals surface area contributed by atoms with E-state index in [0.29, 0.717) is 6.61 Å². The molecule has 0 saturated carbocycles. The molecule has 0 radical (unpaired) electrons. The SMILES string of the molecule is COCCNC(=O)[C@@H](Cc1ccccc1)NS(=O)(=O)c1cc(Cl)ccc1OC. The number of benzene rings is 2. The summed E-state index contributed by atoms with van der Waals surface area (Å²) in [5.41, 5.74) is 0.815. The third-order valence-electron chi connectivity index (χ3n) is 3.92. The van der Waals surface area contributed by atoms with E-state index in [1.807, 2.05) is 30.3 Å². The van der Waals surface area contributed by atoms with E-state index in [0.717, 1.165) is 5.56 Å². The predicted molar refractivity (Wildman–Crippen MR) is 107 cm³/mol. The zero-order chi connectivity index (χ0) is 20.6. The Labute approximate surface area is 170 Å². The summed E-state index contributed by atoms with van der Waals surface area (Å²) in [6.07, 6.45) is 0.182. The van der Waals surface area contributed by atoms with E-state index in [2.05, 4.69) is 10.0 Å². The maximum Gasteiger partial charge on any atom is 0.245 e. The third-order valence-corrected chi connectivity index (χ3v) is 5.65. The minimum atomic E-state index is -4.07. The lowest BCUT2D eigenvalue weighted by Gasteiger charge is -2.19. The summed E-state index contributed by atoms with van der Waals surface area (Å²) in [7, 11) is -1.19. The highest BCUT2D eigenvalue weighted by atomic mass is 35.5. The van der Waals surface area contributed by atoms with Crippen LogP contribution in [0.4, 0.5) is 0 Å². The van der Waals surface area contributed by atoms with E-state index < -0.39 is 22.0 Å². The quantitative estimate of drug-likeness (QED) is 0.567. The summed E-state index contributed by atoms with van der Waals surface area (Å²) >= 11 is 5.95. The zero-order valence-electron chi connectivity index (χ0n) is 15.6. The maximum atomic E-state index is 12.9. The van der Waals surface area contributed by atoms with Crippen molar-refractivity contribution in [1.82, 2.24) is 10.0 Å². The highest BCUT2D eigenvalue weighted by molar-refractivity contribution is 7.89. The van der Waals surface area contributed by atoms with Gasteiger partial charge in [0.1, 0.15) is 16.7 Å². The molecule has 0 aliphatic carbocycles. The Morgan fingerprint density at radius 3 is 2.50 bits per heavy atom.